The summed E-state index contributed by atoms with van der Waals surface area (Å²) in [5.74, 6) is 1.93. The summed E-state index contributed by atoms with van der Waals surface area (Å²) >= 11 is 1.83. The van der Waals surface area contributed by atoms with E-state index < -0.39 is 0 Å². The molecule has 5 nitrogen and oxygen atoms in total. The molecule has 5 heterocycles. The van der Waals surface area contributed by atoms with Gasteiger partial charge in [0.1, 0.15) is 0 Å². The third-order valence-electron chi connectivity index (χ3n) is 12.9. The van der Waals surface area contributed by atoms with Crippen LogP contribution in [0.1, 0.15) is 0 Å². The first-order valence-electron chi connectivity index (χ1n) is 21.3. The predicted octanol–water partition coefficient (Wildman–Crippen LogP) is 15.2. The average Bonchev–Trinajstić information content (AvgIpc) is 3.99. The highest BCUT2D eigenvalue weighted by Gasteiger charge is 2.24. The van der Waals surface area contributed by atoms with Crippen LogP contribution in [-0.4, -0.2) is 23.9 Å². The molecule has 0 bridgehead atoms. The summed E-state index contributed by atoms with van der Waals surface area (Å²) in [6.07, 6.45) is 0. The van der Waals surface area contributed by atoms with Crippen LogP contribution in [0.2, 0.25) is 0 Å². The fraction of sp³-hybridized carbons (Fsp3) is 0. The van der Waals surface area contributed by atoms with E-state index in [9.17, 15) is 0 Å². The van der Waals surface area contributed by atoms with E-state index in [2.05, 4.69) is 203 Å². The van der Waals surface area contributed by atoms with Crippen molar-refractivity contribution in [2.45, 2.75) is 0 Å². The number of hydrogen-bond acceptors (Lipinski definition) is 4. The molecule has 292 valence electrons. The van der Waals surface area contributed by atoms with E-state index in [1.807, 2.05) is 17.4 Å². The summed E-state index contributed by atoms with van der Waals surface area (Å²) in [5.41, 5.74) is 12.3. The minimum Gasteiger partial charge on any atom is -0.309 e. The Morgan fingerprint density at radius 3 is 1.63 bits per heavy atom. The Hall–Kier alpha value is -8.19. The van der Waals surface area contributed by atoms with Gasteiger partial charge < -0.3 is 8.97 Å². The Balaban J connectivity index is 1.04. The van der Waals surface area contributed by atoms with Gasteiger partial charge in [0.15, 0.2) is 17.5 Å². The van der Waals surface area contributed by atoms with Gasteiger partial charge in [0.2, 0.25) is 0 Å². The molecule has 0 radical (unpaired) electrons. The van der Waals surface area contributed by atoms with Gasteiger partial charge >= 0.3 is 0 Å². The quantitative estimate of drug-likeness (QED) is 0.174. The molecule has 0 amide bonds. The van der Waals surface area contributed by atoms with E-state index >= 15 is 0 Å². The highest BCUT2D eigenvalue weighted by molar-refractivity contribution is 7.26. The highest BCUT2D eigenvalue weighted by Crippen LogP contribution is 2.49. The molecule has 14 rings (SSSR count). The monoisotopic (exact) mass is 819 g/mol. The summed E-state index contributed by atoms with van der Waals surface area (Å²) < 4.78 is 7.24. The number of fused-ring (bicyclic) bond motifs is 9. The molecule has 0 saturated carbocycles. The molecule has 5 aromatic heterocycles. The lowest BCUT2D eigenvalue weighted by atomic mass is 10.0. The molecule has 0 unspecified atom stereocenters. The van der Waals surface area contributed by atoms with Crippen LogP contribution in [0.25, 0.3) is 131 Å². The lowest BCUT2D eigenvalue weighted by molar-refractivity contribution is 1.08. The van der Waals surface area contributed by atoms with Gasteiger partial charge in [-0.2, -0.15) is 0 Å². The predicted molar refractivity (Wildman–Crippen MR) is 263 cm³/mol. The van der Waals surface area contributed by atoms with Crippen molar-refractivity contribution in [2.24, 2.45) is 0 Å². The van der Waals surface area contributed by atoms with E-state index in [0.717, 1.165) is 44.4 Å². The van der Waals surface area contributed by atoms with Gasteiger partial charge in [-0.15, -0.1) is 11.3 Å². The molecule has 0 spiro atoms. The third-order valence-corrected chi connectivity index (χ3v) is 14.1. The van der Waals surface area contributed by atoms with E-state index in [0.29, 0.717) is 17.5 Å². The summed E-state index contributed by atoms with van der Waals surface area (Å²) in [6.45, 7) is 0. The molecular weight excluding hydrogens is 787 g/mol. The molecular formula is C57H33N5S. The van der Waals surface area contributed by atoms with Crippen LogP contribution in [0.4, 0.5) is 0 Å². The van der Waals surface area contributed by atoms with E-state index in [1.165, 1.54) is 69.2 Å². The Kier molecular flexibility index (Phi) is 7.21. The van der Waals surface area contributed by atoms with Crippen LogP contribution >= 0.6 is 11.3 Å². The van der Waals surface area contributed by atoms with E-state index in [1.54, 1.807) is 0 Å². The summed E-state index contributed by atoms with van der Waals surface area (Å²) in [6, 6.07) is 71.7. The molecule has 0 N–H and O–H groups in total. The smallest absolute Gasteiger partial charge is 0.165 e. The maximum Gasteiger partial charge on any atom is 0.165 e. The number of thiophene rings is 1. The van der Waals surface area contributed by atoms with Gasteiger partial charge in [-0.25, -0.2) is 15.0 Å². The topological polar surface area (TPSA) is 48.0 Å². The summed E-state index contributed by atoms with van der Waals surface area (Å²) in [7, 11) is 0. The number of aromatic nitrogens is 5. The summed E-state index contributed by atoms with van der Waals surface area (Å²) in [4.78, 5) is 16.1. The molecule has 63 heavy (non-hydrogen) atoms. The van der Waals surface area contributed by atoms with Crippen molar-refractivity contribution >= 4 is 91.4 Å². The van der Waals surface area contributed by atoms with Crippen LogP contribution in [0.5, 0.6) is 0 Å². The van der Waals surface area contributed by atoms with E-state index in [-0.39, 0.29) is 0 Å². The second-order valence-electron chi connectivity index (χ2n) is 16.3. The van der Waals surface area contributed by atoms with Crippen molar-refractivity contribution < 1.29 is 0 Å². The zero-order valence-corrected chi connectivity index (χ0v) is 34.5. The van der Waals surface area contributed by atoms with Crippen LogP contribution in [0.15, 0.2) is 200 Å². The lowest BCUT2D eigenvalue weighted by Gasteiger charge is -2.11. The molecule has 14 aromatic rings. The van der Waals surface area contributed by atoms with Crippen molar-refractivity contribution in [2.75, 3.05) is 0 Å². The molecule has 0 fully saturated rings. The second kappa shape index (κ2) is 13.2. The first kappa shape index (κ1) is 34.5. The van der Waals surface area contributed by atoms with Crippen LogP contribution in [-0.2, 0) is 0 Å². The zero-order valence-electron chi connectivity index (χ0n) is 33.7. The lowest BCUT2D eigenvalue weighted by Crippen LogP contribution is -2.00. The normalized spacial score (nSPS) is 12.1. The number of nitrogens with zero attached hydrogens (tertiary/aromatic N) is 5. The van der Waals surface area contributed by atoms with Gasteiger partial charge in [-0.1, -0.05) is 140 Å². The van der Waals surface area contributed by atoms with E-state index in [4.69, 9.17) is 15.0 Å². The largest absolute Gasteiger partial charge is 0.309 e. The molecule has 0 atom stereocenters. The third kappa shape index (κ3) is 5.01. The second-order valence-corrected chi connectivity index (χ2v) is 17.4. The van der Waals surface area contributed by atoms with Crippen LogP contribution in [0.3, 0.4) is 0 Å². The SMILES string of the molecule is c1ccc(-c2ccc(-c3nc(-c4ccc5c(c4)c4ccccc4n5-c4ccccc4)nc(-c4ccc5c6ccccc6n6c7ccccc7c7ccc8sc4c5c8c76)n3)cc2)cc1. The molecule has 6 heteroatoms. The zero-order chi connectivity index (χ0) is 41.2. The standard InChI is InChI=1S/C57H33N5S/c1-3-13-34(14-4-1)35-23-25-36(26-24-35)55-58-56(37-27-31-49-45(33-37)41-19-9-10-20-46(41)61(49)38-15-5-2-6-16-38)60-57(59-55)44-29-28-42-39-17-7-11-21-47(39)62-48-22-12-8-18-40(48)43-30-32-50-52(53(43)62)51(42)54(44)63-50/h1-33H. The number of para-hydroxylation sites is 4. The van der Waals surface area contributed by atoms with Crippen molar-refractivity contribution in [3.63, 3.8) is 0 Å². The van der Waals surface area contributed by atoms with Crippen molar-refractivity contribution in [3.8, 4) is 51.0 Å². The Labute approximate surface area is 364 Å². The first-order chi connectivity index (χ1) is 31.2. The van der Waals surface area contributed by atoms with Gasteiger partial charge in [-0.05, 0) is 77.2 Å². The van der Waals surface area contributed by atoms with Gasteiger partial charge in [-0.3, -0.25) is 0 Å². The molecule has 0 saturated heterocycles. The number of benzene rings is 9. The maximum absolute atomic E-state index is 5.42. The molecule has 9 aromatic carbocycles. The highest BCUT2D eigenvalue weighted by atomic mass is 32.1. The Morgan fingerprint density at radius 1 is 0.349 bits per heavy atom. The summed E-state index contributed by atoms with van der Waals surface area (Å²) in [5, 5.41) is 9.82. The fourth-order valence-electron chi connectivity index (χ4n) is 10.1. The number of rotatable bonds is 5. The minimum atomic E-state index is 0.635. The molecule has 0 aliphatic carbocycles. The molecule has 0 aliphatic rings. The van der Waals surface area contributed by atoms with Gasteiger partial charge in [0.05, 0.1) is 27.6 Å². The average molecular weight is 820 g/mol. The maximum atomic E-state index is 5.42. The van der Waals surface area contributed by atoms with Gasteiger partial charge in [0, 0.05) is 69.5 Å². The van der Waals surface area contributed by atoms with Crippen molar-refractivity contribution in [1.82, 2.24) is 23.9 Å². The molecule has 0 aliphatic heterocycles. The van der Waals surface area contributed by atoms with Crippen molar-refractivity contribution in [3.05, 3.63) is 200 Å². The van der Waals surface area contributed by atoms with Crippen LogP contribution < -0.4 is 0 Å². The Bertz CT molecular complexity index is 4130. The minimum absolute atomic E-state index is 0.635. The van der Waals surface area contributed by atoms with Gasteiger partial charge in [0.25, 0.3) is 0 Å². The number of hydrogen-bond donors (Lipinski definition) is 0. The van der Waals surface area contributed by atoms with Crippen LogP contribution in [0, 0.1) is 0 Å². The first-order valence-corrected chi connectivity index (χ1v) is 22.1. The fourth-order valence-corrected chi connectivity index (χ4v) is 11.4. The van der Waals surface area contributed by atoms with Crippen molar-refractivity contribution in [1.29, 1.82) is 0 Å². The Morgan fingerprint density at radius 2 is 0.889 bits per heavy atom.